The number of anilines is 1. The van der Waals surface area contributed by atoms with E-state index in [2.05, 4.69) is 49.1 Å². The number of rotatable bonds is 4. The van der Waals surface area contributed by atoms with E-state index in [0.29, 0.717) is 0 Å². The van der Waals surface area contributed by atoms with Gasteiger partial charge in [-0.15, -0.1) is 0 Å². The topological polar surface area (TPSA) is 94.3 Å². The Balaban J connectivity index is 1.33. The van der Waals surface area contributed by atoms with Gasteiger partial charge >= 0.3 is 0 Å². The molecular weight excluding hydrogens is 394 g/mol. The van der Waals surface area contributed by atoms with E-state index in [9.17, 15) is 5.11 Å². The SMILES string of the molecule is CC1(C)OC2C(CO)CC(n3cnc4c(NC5CCc6ccccc65)ncnc43)C2O1. The number of aliphatic hydroxyl groups excluding tert-OH is 1. The van der Waals surface area contributed by atoms with E-state index in [1.807, 2.05) is 20.2 Å². The van der Waals surface area contributed by atoms with Crippen LogP contribution in [-0.4, -0.2) is 49.2 Å². The summed E-state index contributed by atoms with van der Waals surface area (Å²) in [6.07, 6.45) is 6.01. The van der Waals surface area contributed by atoms with Crippen molar-refractivity contribution < 1.29 is 14.6 Å². The number of aryl methyl sites for hydroxylation is 1. The number of aliphatic hydroxyl groups is 1. The molecule has 1 aliphatic heterocycles. The summed E-state index contributed by atoms with van der Waals surface area (Å²) >= 11 is 0. The van der Waals surface area contributed by atoms with Crippen molar-refractivity contribution >= 4 is 17.0 Å². The maximum Gasteiger partial charge on any atom is 0.165 e. The largest absolute Gasteiger partial charge is 0.396 e. The molecule has 0 radical (unpaired) electrons. The summed E-state index contributed by atoms with van der Waals surface area (Å²) in [5.41, 5.74) is 4.26. The molecule has 0 bridgehead atoms. The molecule has 3 aliphatic rings. The molecule has 5 atom stereocenters. The van der Waals surface area contributed by atoms with Crippen LogP contribution in [-0.2, 0) is 15.9 Å². The molecule has 3 heterocycles. The molecule has 162 valence electrons. The fraction of sp³-hybridized carbons (Fsp3) is 0.522. The minimum absolute atomic E-state index is 0.00359. The molecule has 3 aromatic rings. The summed E-state index contributed by atoms with van der Waals surface area (Å²) in [7, 11) is 0. The van der Waals surface area contributed by atoms with E-state index in [-0.39, 0.29) is 36.8 Å². The van der Waals surface area contributed by atoms with E-state index in [1.165, 1.54) is 11.1 Å². The van der Waals surface area contributed by atoms with Gasteiger partial charge in [0.1, 0.15) is 17.9 Å². The number of ether oxygens (including phenoxy) is 2. The second-order valence-corrected chi connectivity index (χ2v) is 9.29. The van der Waals surface area contributed by atoms with E-state index in [0.717, 1.165) is 36.2 Å². The second kappa shape index (κ2) is 6.98. The lowest BCUT2D eigenvalue weighted by Gasteiger charge is -2.23. The molecule has 2 aliphatic carbocycles. The van der Waals surface area contributed by atoms with E-state index in [4.69, 9.17) is 9.47 Å². The predicted octanol–water partition coefficient (Wildman–Crippen LogP) is 3.00. The van der Waals surface area contributed by atoms with Crippen LogP contribution in [0.5, 0.6) is 0 Å². The van der Waals surface area contributed by atoms with Gasteiger partial charge in [-0.1, -0.05) is 24.3 Å². The van der Waals surface area contributed by atoms with Crippen LogP contribution in [0.25, 0.3) is 11.2 Å². The monoisotopic (exact) mass is 421 g/mol. The molecule has 2 N–H and O–H groups in total. The van der Waals surface area contributed by atoms with Gasteiger partial charge in [0.15, 0.2) is 17.3 Å². The lowest BCUT2D eigenvalue weighted by atomic mass is 10.1. The number of hydrogen-bond acceptors (Lipinski definition) is 7. The fourth-order valence-corrected chi connectivity index (χ4v) is 5.58. The summed E-state index contributed by atoms with van der Waals surface area (Å²) in [6.45, 7) is 3.92. The molecule has 8 nitrogen and oxygen atoms in total. The van der Waals surface area contributed by atoms with Crippen molar-refractivity contribution in [1.82, 2.24) is 19.5 Å². The van der Waals surface area contributed by atoms with Crippen molar-refractivity contribution in [3.8, 4) is 0 Å². The summed E-state index contributed by atoms with van der Waals surface area (Å²) in [4.78, 5) is 13.7. The van der Waals surface area contributed by atoms with E-state index in [1.54, 1.807) is 6.33 Å². The summed E-state index contributed by atoms with van der Waals surface area (Å²) < 4.78 is 14.4. The number of nitrogens with zero attached hydrogens (tertiary/aromatic N) is 4. The third-order valence-electron chi connectivity index (χ3n) is 6.95. The van der Waals surface area contributed by atoms with Gasteiger partial charge in [-0.2, -0.15) is 0 Å². The molecule has 1 saturated heterocycles. The quantitative estimate of drug-likeness (QED) is 0.669. The minimum atomic E-state index is -0.657. The molecule has 0 amide bonds. The highest BCUT2D eigenvalue weighted by atomic mass is 16.8. The Hall–Kier alpha value is -2.55. The Morgan fingerprint density at radius 1 is 1.16 bits per heavy atom. The molecule has 2 fully saturated rings. The zero-order valence-electron chi connectivity index (χ0n) is 17.7. The average molecular weight is 422 g/mol. The number of imidazole rings is 1. The van der Waals surface area contributed by atoms with Crippen molar-refractivity contribution in [2.75, 3.05) is 11.9 Å². The van der Waals surface area contributed by atoms with Gasteiger partial charge < -0.3 is 24.5 Å². The third kappa shape index (κ3) is 3.04. The average Bonchev–Trinajstić information content (AvgIpc) is 3.50. The predicted molar refractivity (Wildman–Crippen MR) is 115 cm³/mol. The van der Waals surface area contributed by atoms with Crippen molar-refractivity contribution in [3.05, 3.63) is 48.0 Å². The second-order valence-electron chi connectivity index (χ2n) is 9.29. The maximum atomic E-state index is 9.90. The van der Waals surface area contributed by atoms with Gasteiger partial charge in [0.2, 0.25) is 0 Å². The highest BCUT2D eigenvalue weighted by Gasteiger charge is 2.54. The Bertz CT molecular complexity index is 1130. The number of aromatic nitrogens is 4. The Labute approximate surface area is 180 Å². The van der Waals surface area contributed by atoms with Crippen LogP contribution >= 0.6 is 0 Å². The Morgan fingerprint density at radius 3 is 2.87 bits per heavy atom. The molecule has 31 heavy (non-hydrogen) atoms. The summed E-state index contributed by atoms with van der Waals surface area (Å²) in [5, 5.41) is 13.5. The lowest BCUT2D eigenvalue weighted by Crippen LogP contribution is -2.27. The van der Waals surface area contributed by atoms with Crippen LogP contribution in [0.2, 0.25) is 0 Å². The molecular formula is C23H27N5O3. The highest BCUT2D eigenvalue weighted by molar-refractivity contribution is 5.83. The molecule has 1 saturated carbocycles. The van der Waals surface area contributed by atoms with Gasteiger partial charge in [-0.05, 0) is 44.2 Å². The van der Waals surface area contributed by atoms with Gasteiger partial charge in [-0.3, -0.25) is 0 Å². The molecule has 8 heteroatoms. The summed E-state index contributed by atoms with van der Waals surface area (Å²) in [6, 6.07) is 8.79. The van der Waals surface area contributed by atoms with Crippen molar-refractivity contribution in [2.24, 2.45) is 5.92 Å². The Morgan fingerprint density at radius 2 is 2.00 bits per heavy atom. The molecule has 2 aromatic heterocycles. The van der Waals surface area contributed by atoms with Crippen LogP contribution in [0.4, 0.5) is 5.82 Å². The summed E-state index contributed by atoms with van der Waals surface area (Å²) in [5.74, 6) is 0.126. The molecule has 1 aromatic carbocycles. The van der Waals surface area contributed by atoms with Gasteiger partial charge in [0, 0.05) is 12.5 Å². The standard InChI is InChI=1S/C23H27N5O3/c1-23(2)30-19-14(10-29)9-17(20(19)31-23)28-12-26-18-21(24-11-25-22(18)28)27-16-8-7-13-5-3-4-6-15(13)16/h3-6,11-12,14,16-17,19-20,29H,7-10H2,1-2H3,(H,24,25,27). The van der Waals surface area contributed by atoms with Crippen molar-refractivity contribution in [2.45, 2.75) is 63.2 Å². The maximum absolute atomic E-state index is 9.90. The van der Waals surface area contributed by atoms with Crippen LogP contribution in [0.15, 0.2) is 36.9 Å². The molecule has 0 spiro atoms. The van der Waals surface area contributed by atoms with E-state index < -0.39 is 5.79 Å². The van der Waals surface area contributed by atoms with Crippen LogP contribution in [0.3, 0.4) is 0 Å². The van der Waals surface area contributed by atoms with Gasteiger partial charge in [-0.25, -0.2) is 15.0 Å². The van der Waals surface area contributed by atoms with Crippen LogP contribution < -0.4 is 5.32 Å². The molecule has 6 rings (SSSR count). The van der Waals surface area contributed by atoms with Crippen LogP contribution in [0.1, 0.15) is 49.9 Å². The Kier molecular flexibility index (Phi) is 4.31. The first-order chi connectivity index (χ1) is 15.0. The van der Waals surface area contributed by atoms with Crippen LogP contribution in [0, 0.1) is 5.92 Å². The number of hydrogen-bond donors (Lipinski definition) is 2. The first kappa shape index (κ1) is 19.2. The first-order valence-corrected chi connectivity index (χ1v) is 11.0. The highest BCUT2D eigenvalue weighted by Crippen LogP contribution is 2.47. The van der Waals surface area contributed by atoms with Gasteiger partial charge in [0.05, 0.1) is 24.5 Å². The van der Waals surface area contributed by atoms with Crippen molar-refractivity contribution in [3.63, 3.8) is 0 Å². The molecule has 5 unspecified atom stereocenters. The lowest BCUT2D eigenvalue weighted by molar-refractivity contribution is -0.161. The first-order valence-electron chi connectivity index (χ1n) is 11.0. The number of fused-ring (bicyclic) bond motifs is 3. The zero-order chi connectivity index (χ0) is 21.2. The third-order valence-corrected chi connectivity index (χ3v) is 6.95. The zero-order valence-corrected chi connectivity index (χ0v) is 17.7. The smallest absolute Gasteiger partial charge is 0.165 e. The number of nitrogens with one attached hydrogen (secondary N) is 1. The fourth-order valence-electron chi connectivity index (χ4n) is 5.58. The minimum Gasteiger partial charge on any atom is -0.396 e. The number of benzene rings is 1. The van der Waals surface area contributed by atoms with E-state index >= 15 is 0 Å². The van der Waals surface area contributed by atoms with Gasteiger partial charge in [0.25, 0.3) is 0 Å². The normalized spacial score (nSPS) is 31.1. The van der Waals surface area contributed by atoms with Crippen molar-refractivity contribution in [1.29, 1.82) is 0 Å².